The van der Waals surface area contributed by atoms with Crippen LogP contribution in [0.4, 0.5) is 5.69 Å². The van der Waals surface area contributed by atoms with Gasteiger partial charge in [-0.3, -0.25) is 4.79 Å². The fraction of sp³-hybridized carbons (Fsp3) is 0.462. The van der Waals surface area contributed by atoms with Crippen molar-refractivity contribution < 1.29 is 9.53 Å². The Balaban J connectivity index is 2.18. The summed E-state index contributed by atoms with van der Waals surface area (Å²) in [5, 5.41) is 0. The van der Waals surface area contributed by atoms with Gasteiger partial charge in [0.1, 0.15) is 0 Å². The number of amides is 1. The summed E-state index contributed by atoms with van der Waals surface area (Å²) in [6, 6.07) is 5.51. The molecule has 1 amide bonds. The number of nitrogens with zero attached hydrogens (tertiary/aromatic N) is 1. The van der Waals surface area contributed by atoms with Crippen LogP contribution in [0.3, 0.4) is 0 Å². The zero-order valence-electron chi connectivity index (χ0n) is 10.1. The fourth-order valence-corrected chi connectivity index (χ4v) is 1.99. The summed E-state index contributed by atoms with van der Waals surface area (Å²) in [5.74, 6) is 0.0722. The molecule has 0 atom stereocenters. The van der Waals surface area contributed by atoms with E-state index in [1.165, 1.54) is 0 Å². The van der Waals surface area contributed by atoms with Crippen LogP contribution in [0.2, 0.25) is 0 Å². The first-order valence-electron chi connectivity index (χ1n) is 5.97. The average Bonchev–Trinajstić information content (AvgIpc) is 2.39. The van der Waals surface area contributed by atoms with Crippen LogP contribution in [-0.4, -0.2) is 37.1 Å². The number of carbonyl (C=O) groups excluding carboxylic acids is 1. The first kappa shape index (κ1) is 11.9. The van der Waals surface area contributed by atoms with E-state index in [1.807, 2.05) is 24.0 Å². The second-order valence-electron chi connectivity index (χ2n) is 4.17. The summed E-state index contributed by atoms with van der Waals surface area (Å²) in [7, 11) is 0. The van der Waals surface area contributed by atoms with E-state index < -0.39 is 0 Å². The first-order valence-corrected chi connectivity index (χ1v) is 5.97. The van der Waals surface area contributed by atoms with E-state index in [-0.39, 0.29) is 5.91 Å². The van der Waals surface area contributed by atoms with Crippen molar-refractivity contribution in [3.63, 3.8) is 0 Å². The van der Waals surface area contributed by atoms with Gasteiger partial charge >= 0.3 is 0 Å². The van der Waals surface area contributed by atoms with E-state index in [9.17, 15) is 4.79 Å². The summed E-state index contributed by atoms with van der Waals surface area (Å²) >= 11 is 0. The van der Waals surface area contributed by atoms with Gasteiger partial charge in [0, 0.05) is 24.3 Å². The number of carbonyl (C=O) groups is 1. The third-order valence-corrected chi connectivity index (χ3v) is 3.07. The monoisotopic (exact) mass is 234 g/mol. The second-order valence-corrected chi connectivity index (χ2v) is 4.17. The van der Waals surface area contributed by atoms with Crippen LogP contribution in [0.5, 0.6) is 0 Å². The van der Waals surface area contributed by atoms with Crippen molar-refractivity contribution in [2.45, 2.75) is 13.3 Å². The molecule has 0 bridgehead atoms. The zero-order chi connectivity index (χ0) is 12.3. The Hall–Kier alpha value is -1.55. The Kier molecular flexibility index (Phi) is 3.64. The van der Waals surface area contributed by atoms with Gasteiger partial charge in [-0.2, -0.15) is 0 Å². The molecule has 1 aromatic carbocycles. The van der Waals surface area contributed by atoms with Crippen molar-refractivity contribution in [3.8, 4) is 0 Å². The number of anilines is 1. The van der Waals surface area contributed by atoms with Crippen molar-refractivity contribution in [1.29, 1.82) is 0 Å². The topological polar surface area (TPSA) is 55.6 Å². The van der Waals surface area contributed by atoms with Crippen molar-refractivity contribution in [3.05, 3.63) is 29.3 Å². The molecule has 0 radical (unpaired) electrons. The molecule has 1 aliphatic heterocycles. The lowest BCUT2D eigenvalue weighted by Gasteiger charge is -2.27. The van der Waals surface area contributed by atoms with Gasteiger partial charge in [-0.1, -0.05) is 6.92 Å². The number of hydrogen-bond acceptors (Lipinski definition) is 3. The maximum atomic E-state index is 12.2. The summed E-state index contributed by atoms with van der Waals surface area (Å²) in [6.45, 7) is 4.63. The molecule has 1 saturated heterocycles. The quantitative estimate of drug-likeness (QED) is 0.785. The molecular formula is C13H18N2O2. The van der Waals surface area contributed by atoms with E-state index in [4.69, 9.17) is 10.5 Å². The van der Waals surface area contributed by atoms with E-state index >= 15 is 0 Å². The first-order chi connectivity index (χ1) is 8.22. The Labute approximate surface area is 101 Å². The highest BCUT2D eigenvalue weighted by molar-refractivity contribution is 5.95. The number of morpholine rings is 1. The lowest BCUT2D eigenvalue weighted by molar-refractivity contribution is 0.0303. The summed E-state index contributed by atoms with van der Waals surface area (Å²) in [4.78, 5) is 14.0. The molecule has 4 heteroatoms. The van der Waals surface area contributed by atoms with Gasteiger partial charge in [0.05, 0.1) is 13.2 Å². The van der Waals surface area contributed by atoms with Gasteiger partial charge < -0.3 is 15.4 Å². The molecule has 0 unspecified atom stereocenters. The van der Waals surface area contributed by atoms with Crippen LogP contribution in [0.25, 0.3) is 0 Å². The molecule has 0 aliphatic carbocycles. The molecular weight excluding hydrogens is 216 g/mol. The normalized spacial score (nSPS) is 15.9. The van der Waals surface area contributed by atoms with Crippen LogP contribution in [-0.2, 0) is 11.2 Å². The molecule has 1 aliphatic rings. The maximum Gasteiger partial charge on any atom is 0.254 e. The minimum Gasteiger partial charge on any atom is -0.399 e. The summed E-state index contributed by atoms with van der Waals surface area (Å²) < 4.78 is 5.24. The molecule has 2 rings (SSSR count). The lowest BCUT2D eigenvalue weighted by atomic mass is 10.1. The van der Waals surface area contributed by atoms with Gasteiger partial charge in [0.25, 0.3) is 5.91 Å². The third kappa shape index (κ3) is 2.58. The van der Waals surface area contributed by atoms with Crippen LogP contribution >= 0.6 is 0 Å². The van der Waals surface area contributed by atoms with E-state index in [2.05, 4.69) is 0 Å². The van der Waals surface area contributed by atoms with Crippen LogP contribution in [0.1, 0.15) is 22.8 Å². The third-order valence-electron chi connectivity index (χ3n) is 3.07. The predicted molar refractivity (Wildman–Crippen MR) is 67.0 cm³/mol. The van der Waals surface area contributed by atoms with Crippen molar-refractivity contribution >= 4 is 11.6 Å². The zero-order valence-corrected chi connectivity index (χ0v) is 10.1. The lowest BCUT2D eigenvalue weighted by Crippen LogP contribution is -2.40. The molecule has 17 heavy (non-hydrogen) atoms. The average molecular weight is 234 g/mol. The SMILES string of the molecule is CCc1cc(C(=O)N2CCOCC2)ccc1N. The Morgan fingerprint density at radius 3 is 2.76 bits per heavy atom. The standard InChI is InChI=1S/C13H18N2O2/c1-2-10-9-11(3-4-12(10)14)13(16)15-5-7-17-8-6-15/h3-4,9H,2,5-8,14H2,1H3. The molecule has 0 spiro atoms. The smallest absolute Gasteiger partial charge is 0.254 e. The van der Waals surface area contributed by atoms with Gasteiger partial charge in [-0.05, 0) is 30.2 Å². The Bertz CT molecular complexity index is 412. The Morgan fingerprint density at radius 2 is 2.12 bits per heavy atom. The number of rotatable bonds is 2. The van der Waals surface area contributed by atoms with Crippen molar-refractivity contribution in [2.75, 3.05) is 32.0 Å². The summed E-state index contributed by atoms with van der Waals surface area (Å²) in [5.41, 5.74) is 8.34. The summed E-state index contributed by atoms with van der Waals surface area (Å²) in [6.07, 6.45) is 0.843. The van der Waals surface area contributed by atoms with Crippen LogP contribution in [0, 0.1) is 0 Å². The minimum absolute atomic E-state index is 0.0722. The van der Waals surface area contributed by atoms with E-state index in [0.717, 1.165) is 23.2 Å². The molecule has 92 valence electrons. The minimum atomic E-state index is 0.0722. The van der Waals surface area contributed by atoms with Gasteiger partial charge in [0.15, 0.2) is 0 Å². The molecule has 0 saturated carbocycles. The van der Waals surface area contributed by atoms with Crippen LogP contribution in [0.15, 0.2) is 18.2 Å². The number of nitrogens with two attached hydrogens (primary N) is 1. The van der Waals surface area contributed by atoms with E-state index in [1.54, 1.807) is 6.07 Å². The van der Waals surface area contributed by atoms with Crippen LogP contribution < -0.4 is 5.73 Å². The number of nitrogen functional groups attached to an aromatic ring is 1. The van der Waals surface area contributed by atoms with E-state index in [0.29, 0.717) is 26.3 Å². The van der Waals surface area contributed by atoms with Crippen molar-refractivity contribution in [2.24, 2.45) is 0 Å². The highest BCUT2D eigenvalue weighted by atomic mass is 16.5. The van der Waals surface area contributed by atoms with Gasteiger partial charge in [0.2, 0.25) is 0 Å². The molecule has 1 fully saturated rings. The van der Waals surface area contributed by atoms with Gasteiger partial charge in [-0.25, -0.2) is 0 Å². The molecule has 0 aromatic heterocycles. The number of hydrogen-bond donors (Lipinski definition) is 1. The number of ether oxygens (including phenoxy) is 1. The molecule has 2 N–H and O–H groups in total. The van der Waals surface area contributed by atoms with Gasteiger partial charge in [-0.15, -0.1) is 0 Å². The Morgan fingerprint density at radius 1 is 1.41 bits per heavy atom. The largest absolute Gasteiger partial charge is 0.399 e. The predicted octanol–water partition coefficient (Wildman–Crippen LogP) is 1.30. The highest BCUT2D eigenvalue weighted by Gasteiger charge is 2.18. The molecule has 4 nitrogen and oxygen atoms in total. The maximum absolute atomic E-state index is 12.2. The van der Waals surface area contributed by atoms with Crippen molar-refractivity contribution in [1.82, 2.24) is 4.90 Å². The second kappa shape index (κ2) is 5.19. The number of benzene rings is 1. The number of aryl methyl sites for hydroxylation is 1. The highest BCUT2D eigenvalue weighted by Crippen LogP contribution is 2.16. The molecule has 1 heterocycles. The molecule has 1 aromatic rings. The fourth-order valence-electron chi connectivity index (χ4n) is 1.99.